The third-order valence-corrected chi connectivity index (χ3v) is 10.6. The second kappa shape index (κ2) is 23.6. The number of aromatic nitrogens is 5. The van der Waals surface area contributed by atoms with E-state index in [2.05, 4.69) is 43.3 Å². The molecule has 0 atom stereocenters. The number of rotatable bonds is 18. The van der Waals surface area contributed by atoms with Gasteiger partial charge in [0, 0.05) is 70.5 Å². The van der Waals surface area contributed by atoms with Crippen LogP contribution in [0.2, 0.25) is 0 Å². The topological polar surface area (TPSA) is 187 Å². The lowest BCUT2D eigenvalue weighted by Crippen LogP contribution is -2.41. The largest absolute Gasteiger partial charge is 0.497 e. The molecule has 0 spiro atoms. The van der Waals surface area contributed by atoms with Crippen LogP contribution < -0.4 is 20.7 Å². The van der Waals surface area contributed by atoms with Crippen molar-refractivity contribution in [2.45, 2.75) is 38.5 Å². The predicted molar refractivity (Wildman–Crippen MR) is 246 cm³/mol. The van der Waals surface area contributed by atoms with Crippen molar-refractivity contribution in [3.63, 3.8) is 0 Å². The molecule has 1 aliphatic heterocycles. The summed E-state index contributed by atoms with van der Waals surface area (Å²) in [5.74, 6) is -2.88. The van der Waals surface area contributed by atoms with E-state index in [1.54, 1.807) is 55.4 Å². The van der Waals surface area contributed by atoms with E-state index < -0.39 is 12.1 Å². The van der Waals surface area contributed by atoms with Crippen molar-refractivity contribution in [3.8, 4) is 5.75 Å². The van der Waals surface area contributed by atoms with E-state index in [0.29, 0.717) is 67.5 Å². The van der Waals surface area contributed by atoms with Crippen LogP contribution in [0.4, 0.5) is 24.5 Å². The maximum absolute atomic E-state index is 13.6. The maximum Gasteiger partial charge on any atom is 0.490 e. The van der Waals surface area contributed by atoms with Gasteiger partial charge in [-0.25, -0.2) is 4.79 Å². The summed E-state index contributed by atoms with van der Waals surface area (Å²) in [5.41, 5.74) is 6.28. The SMILES string of the molecule is COc1cccc(/C=C/c2ccc(C(=O)Nc3cc(C(=O)Nc4cc(C(=O)NCCN5CCOCC5)n(CCCc5cn(CCc6ccccc6)nn5)c4)n(C)c3)cc2)c1.O=C(O)C(F)(F)F. The Morgan fingerprint density at radius 1 is 0.776 bits per heavy atom. The number of benzene rings is 3. The number of carbonyl (C=O) groups excluding carboxylic acids is 3. The van der Waals surface area contributed by atoms with Crippen molar-refractivity contribution >= 4 is 47.2 Å². The van der Waals surface area contributed by atoms with Crippen LogP contribution in [0.1, 0.15) is 60.1 Å². The number of ether oxygens (including phenoxy) is 2. The summed E-state index contributed by atoms with van der Waals surface area (Å²) in [4.78, 5) is 51.5. The highest BCUT2D eigenvalue weighted by Crippen LogP contribution is 2.21. The highest BCUT2D eigenvalue weighted by atomic mass is 19.4. The molecule has 67 heavy (non-hydrogen) atoms. The van der Waals surface area contributed by atoms with E-state index in [4.69, 9.17) is 19.4 Å². The Bertz CT molecular complexity index is 2620. The number of methoxy groups -OCH3 is 1. The zero-order chi connectivity index (χ0) is 47.8. The van der Waals surface area contributed by atoms with Crippen LogP contribution in [0.15, 0.2) is 110 Å². The lowest BCUT2D eigenvalue weighted by atomic mass is 10.1. The summed E-state index contributed by atoms with van der Waals surface area (Å²) in [6.45, 7) is 5.52. The molecule has 7 rings (SSSR count). The van der Waals surface area contributed by atoms with E-state index in [0.717, 1.165) is 55.2 Å². The Labute approximate surface area is 385 Å². The fraction of sp³-hybridized carbons (Fsp3) is 0.292. The lowest BCUT2D eigenvalue weighted by Gasteiger charge is -2.26. The first-order valence-corrected chi connectivity index (χ1v) is 21.5. The average Bonchev–Trinajstić information content (AvgIpc) is 4.06. The minimum Gasteiger partial charge on any atom is -0.497 e. The van der Waals surface area contributed by atoms with Gasteiger partial charge in [-0.3, -0.25) is 24.0 Å². The number of nitrogens with one attached hydrogen (secondary N) is 3. The molecule has 0 radical (unpaired) electrons. The van der Waals surface area contributed by atoms with Crippen LogP contribution in [-0.4, -0.2) is 111 Å². The summed E-state index contributed by atoms with van der Waals surface area (Å²) in [5, 5.41) is 24.7. The van der Waals surface area contributed by atoms with Crippen LogP contribution >= 0.6 is 0 Å². The number of nitrogens with zero attached hydrogens (tertiary/aromatic N) is 6. The van der Waals surface area contributed by atoms with Gasteiger partial charge in [-0.15, -0.1) is 5.10 Å². The van der Waals surface area contributed by atoms with E-state index in [9.17, 15) is 27.6 Å². The molecule has 1 saturated heterocycles. The highest BCUT2D eigenvalue weighted by Gasteiger charge is 2.38. The van der Waals surface area contributed by atoms with Crippen LogP contribution in [0, 0.1) is 0 Å². The molecule has 4 heterocycles. The van der Waals surface area contributed by atoms with Gasteiger partial charge in [-0.2, -0.15) is 13.2 Å². The van der Waals surface area contributed by atoms with Crippen molar-refractivity contribution in [3.05, 3.63) is 149 Å². The van der Waals surface area contributed by atoms with E-state index >= 15 is 0 Å². The normalized spacial score (nSPS) is 12.9. The number of carboxylic acids is 1. The Kier molecular flexibility index (Phi) is 17.2. The second-order valence-corrected chi connectivity index (χ2v) is 15.5. The van der Waals surface area contributed by atoms with Crippen LogP contribution in [0.3, 0.4) is 0 Å². The second-order valence-electron chi connectivity index (χ2n) is 15.5. The number of anilines is 2. The summed E-state index contributed by atoms with van der Waals surface area (Å²) in [7, 11) is 3.38. The van der Waals surface area contributed by atoms with Gasteiger partial charge < -0.3 is 39.7 Å². The summed E-state index contributed by atoms with van der Waals surface area (Å²) < 4.78 is 47.9. The van der Waals surface area contributed by atoms with Crippen molar-refractivity contribution in [1.82, 2.24) is 34.3 Å². The van der Waals surface area contributed by atoms with Crippen molar-refractivity contribution in [2.75, 3.05) is 57.1 Å². The van der Waals surface area contributed by atoms with Crippen LogP contribution in [-0.2, 0) is 42.5 Å². The first-order chi connectivity index (χ1) is 32.2. The van der Waals surface area contributed by atoms with E-state index in [1.807, 2.05) is 82.2 Å². The number of carboxylic acid groups (broad SMARTS) is 1. The standard InChI is InChI=1S/C46H51N9O5.C2HF3O2/c1-52-31-39(48-44(56)37-17-15-35(16-18-37)13-14-36-10-6-12-41(28-36)59-2)29-42(52)46(58)49-40-30-43(45(57)47-20-23-53-24-26-60-27-25-53)54(32-40)21-7-11-38-33-55(51-50-38)22-19-34-8-4-3-5-9-34;3-2(4,5)1(6)7/h3-6,8-10,12-18,28-33H,7,11,19-27H2,1-2H3,(H,47,57)(H,48,56)(H,49,58);(H,6,7)/b14-13+;. The number of aryl methyl sites for hydroxylation is 5. The Morgan fingerprint density at radius 2 is 1.46 bits per heavy atom. The Hall–Kier alpha value is -7.51. The first-order valence-electron chi connectivity index (χ1n) is 21.5. The summed E-state index contributed by atoms with van der Waals surface area (Å²) in [6.07, 6.45) is 6.56. The molecule has 3 aromatic heterocycles. The average molecular weight is 924 g/mol. The minimum atomic E-state index is -5.08. The van der Waals surface area contributed by atoms with E-state index in [-0.39, 0.29) is 17.7 Å². The molecular weight excluding hydrogens is 872 g/mol. The molecule has 19 heteroatoms. The Balaban J connectivity index is 0.000000980. The van der Waals surface area contributed by atoms with Crippen molar-refractivity contribution < 1.29 is 46.9 Å². The van der Waals surface area contributed by atoms with Gasteiger partial charge in [0.1, 0.15) is 17.1 Å². The monoisotopic (exact) mass is 923 g/mol. The van der Waals surface area contributed by atoms with Gasteiger partial charge in [0.25, 0.3) is 17.7 Å². The van der Waals surface area contributed by atoms with Gasteiger partial charge in [0.05, 0.1) is 37.4 Å². The molecule has 3 aromatic carbocycles. The lowest BCUT2D eigenvalue weighted by molar-refractivity contribution is -0.192. The van der Waals surface area contributed by atoms with Gasteiger partial charge in [0.2, 0.25) is 0 Å². The molecule has 0 saturated carbocycles. The number of amides is 3. The fourth-order valence-electron chi connectivity index (χ4n) is 7.02. The third-order valence-electron chi connectivity index (χ3n) is 10.6. The van der Waals surface area contributed by atoms with Crippen LogP contribution in [0.5, 0.6) is 5.75 Å². The van der Waals surface area contributed by atoms with Gasteiger partial charge in [-0.1, -0.05) is 72.0 Å². The highest BCUT2D eigenvalue weighted by molar-refractivity contribution is 6.07. The number of morpholine rings is 1. The summed E-state index contributed by atoms with van der Waals surface area (Å²) >= 11 is 0. The third kappa shape index (κ3) is 15.0. The van der Waals surface area contributed by atoms with Gasteiger partial charge in [-0.05, 0) is 72.4 Å². The van der Waals surface area contributed by atoms with E-state index in [1.165, 1.54) is 5.56 Å². The molecule has 0 aliphatic carbocycles. The molecule has 1 aliphatic rings. The number of hydrogen-bond acceptors (Lipinski definition) is 9. The number of carbonyl (C=O) groups is 4. The predicted octanol–water partition coefficient (Wildman–Crippen LogP) is 6.67. The maximum atomic E-state index is 13.6. The molecule has 1 fully saturated rings. The fourth-order valence-corrected chi connectivity index (χ4v) is 7.02. The number of aliphatic carboxylic acids is 1. The van der Waals surface area contributed by atoms with Crippen molar-refractivity contribution in [2.24, 2.45) is 7.05 Å². The molecule has 6 aromatic rings. The molecular formula is C48H52F3N9O7. The molecule has 3 amide bonds. The first kappa shape index (κ1) is 48.9. The van der Waals surface area contributed by atoms with Crippen molar-refractivity contribution in [1.29, 1.82) is 0 Å². The smallest absolute Gasteiger partial charge is 0.490 e. The number of hydrogen-bond donors (Lipinski definition) is 4. The number of alkyl halides is 3. The van der Waals surface area contributed by atoms with Gasteiger partial charge in [0.15, 0.2) is 0 Å². The quantitative estimate of drug-likeness (QED) is 0.0679. The van der Waals surface area contributed by atoms with Crippen LogP contribution in [0.25, 0.3) is 12.2 Å². The molecule has 0 unspecified atom stereocenters. The molecule has 0 bridgehead atoms. The molecule has 16 nitrogen and oxygen atoms in total. The zero-order valence-corrected chi connectivity index (χ0v) is 37.0. The molecule has 4 N–H and O–H groups in total. The van der Waals surface area contributed by atoms with Gasteiger partial charge >= 0.3 is 12.1 Å². The number of halogens is 3. The Morgan fingerprint density at radius 3 is 2.18 bits per heavy atom. The minimum absolute atomic E-state index is 0.222. The molecule has 352 valence electrons. The summed E-state index contributed by atoms with van der Waals surface area (Å²) in [6, 6.07) is 28.6. The zero-order valence-electron chi connectivity index (χ0n) is 37.0.